The summed E-state index contributed by atoms with van der Waals surface area (Å²) in [6.07, 6.45) is 28.6. The minimum atomic E-state index is 0. The van der Waals surface area contributed by atoms with Crippen molar-refractivity contribution in [2.45, 2.75) is 0 Å². The van der Waals surface area contributed by atoms with Gasteiger partial charge in [-0.2, -0.15) is 0 Å². The van der Waals surface area contributed by atoms with Crippen molar-refractivity contribution in [2.75, 3.05) is 0 Å². The summed E-state index contributed by atoms with van der Waals surface area (Å²) in [7, 11) is 5.80. The van der Waals surface area contributed by atoms with Gasteiger partial charge in [0.1, 0.15) is 11.2 Å². The minimum absolute atomic E-state index is 0. The topological polar surface area (TPSA) is 108 Å². The summed E-state index contributed by atoms with van der Waals surface area (Å²) in [6, 6.07) is 12.0. The molecule has 0 fully saturated rings. The molecule has 8 heterocycles. The van der Waals surface area contributed by atoms with Gasteiger partial charge in [-0.1, -0.05) is 71.6 Å². The molecular formula is C35H24N10O2Pt2+2. The number of aromatic nitrogens is 10. The molecule has 0 saturated carbocycles. The van der Waals surface area contributed by atoms with Crippen molar-refractivity contribution in [3.05, 3.63) is 117 Å². The number of fused-ring (bicyclic) bond motifs is 6. The Balaban J connectivity index is 0.000000148. The molecule has 0 radical (unpaired) electrons. The van der Waals surface area contributed by atoms with Crippen LogP contribution in [-0.4, -0.2) is 28.2 Å². The first kappa shape index (κ1) is 32.4. The molecule has 0 aliphatic carbocycles. The SMILES string of the molecule is C[n+]1[c-]n(-c2coc3c2[n-]c2c(-n4[c-]ncc4)cccc23)cc1.Cn1c[c-]nc1-c1cccc2c1[n-]c1c(-n3[c-][n+](C)cc3)coc12.[Pt+2].[Pt+4]. The summed E-state index contributed by atoms with van der Waals surface area (Å²) in [5.74, 6) is 0.834. The fraction of sp³-hybridized carbons (Fsp3) is 0.0857. The maximum absolute atomic E-state index is 5.82. The Kier molecular flexibility index (Phi) is 8.38. The van der Waals surface area contributed by atoms with Gasteiger partial charge < -0.3 is 56.2 Å². The van der Waals surface area contributed by atoms with E-state index in [1.54, 1.807) is 24.9 Å². The molecule has 14 heteroatoms. The van der Waals surface area contributed by atoms with E-state index in [2.05, 4.69) is 35.1 Å². The molecule has 49 heavy (non-hydrogen) atoms. The fourth-order valence-electron chi connectivity index (χ4n) is 5.91. The molecule has 12 nitrogen and oxygen atoms in total. The van der Waals surface area contributed by atoms with Crippen molar-refractivity contribution in [2.24, 2.45) is 21.1 Å². The van der Waals surface area contributed by atoms with Crippen LogP contribution in [0.1, 0.15) is 0 Å². The van der Waals surface area contributed by atoms with Gasteiger partial charge in [0.05, 0.1) is 38.0 Å². The Morgan fingerprint density at radius 2 is 1.35 bits per heavy atom. The van der Waals surface area contributed by atoms with Crippen LogP contribution >= 0.6 is 0 Å². The second kappa shape index (κ2) is 12.7. The van der Waals surface area contributed by atoms with Gasteiger partial charge in [0, 0.05) is 31.1 Å². The molecule has 8 aromatic heterocycles. The van der Waals surface area contributed by atoms with E-state index in [-0.39, 0.29) is 42.1 Å². The molecule has 10 rings (SSSR count). The normalized spacial score (nSPS) is 11.2. The number of rotatable bonds is 4. The number of aryl methyl sites for hydroxylation is 3. The Labute approximate surface area is 307 Å². The van der Waals surface area contributed by atoms with Gasteiger partial charge in [0.25, 0.3) is 0 Å². The van der Waals surface area contributed by atoms with Crippen LogP contribution in [0.3, 0.4) is 0 Å². The fourth-order valence-corrected chi connectivity index (χ4v) is 5.91. The zero-order chi connectivity index (χ0) is 31.6. The maximum atomic E-state index is 5.82. The van der Waals surface area contributed by atoms with Crippen molar-refractivity contribution in [3.8, 4) is 28.5 Å². The molecule has 0 spiro atoms. The van der Waals surface area contributed by atoms with Gasteiger partial charge in [0.15, 0.2) is 0 Å². The summed E-state index contributed by atoms with van der Waals surface area (Å²) in [6.45, 7) is 0. The Bertz CT molecular complexity index is 2700. The monoisotopic (exact) mass is 1010 g/mol. The molecule has 0 aliphatic heterocycles. The van der Waals surface area contributed by atoms with Crippen molar-refractivity contribution >= 4 is 44.0 Å². The van der Waals surface area contributed by atoms with Crippen LogP contribution in [0.15, 0.2) is 101 Å². The molecule has 2 aromatic carbocycles. The second-order valence-electron chi connectivity index (χ2n) is 11.2. The Morgan fingerprint density at radius 3 is 1.90 bits per heavy atom. The van der Waals surface area contributed by atoms with E-state index < -0.39 is 0 Å². The molecule has 0 atom stereocenters. The number of nitrogens with zero attached hydrogens (tertiary/aromatic N) is 10. The van der Waals surface area contributed by atoms with E-state index in [9.17, 15) is 0 Å². The molecule has 244 valence electrons. The first-order valence-corrected chi connectivity index (χ1v) is 14.7. The number of hydrogen-bond acceptors (Lipinski definition) is 4. The zero-order valence-corrected chi connectivity index (χ0v) is 30.6. The van der Waals surface area contributed by atoms with E-state index in [1.807, 2.05) is 116 Å². The number of benzene rings is 2. The largest absolute Gasteiger partial charge is 4.00 e. The first-order valence-electron chi connectivity index (χ1n) is 14.7. The van der Waals surface area contributed by atoms with E-state index >= 15 is 0 Å². The van der Waals surface area contributed by atoms with E-state index in [0.29, 0.717) is 0 Å². The van der Waals surface area contributed by atoms with Crippen LogP contribution in [0.2, 0.25) is 0 Å². The first-order chi connectivity index (χ1) is 23.0. The summed E-state index contributed by atoms with van der Waals surface area (Å²) in [5.41, 5.74) is 8.60. The number of furan rings is 2. The standard InChI is InChI=1S/C18H13N5O.C17H11N5O.2Pt/c1-21-8-9-23(11-21)14-10-24-17-12-4-3-5-13(15(12)20-16(14)17)18-19-6-7-22(18)2;1-20-7-8-22(11-20)14-9-23-17-12-3-2-4-13(15(12)19-16(14)17)21-6-5-18-10-21;;/h3-5,7-10H,1-2H3;2-9H,1H3;;/q2*-2;+2;+4. The van der Waals surface area contributed by atoms with Crippen molar-refractivity contribution in [1.82, 2.24) is 38.2 Å². The molecule has 0 unspecified atom stereocenters. The van der Waals surface area contributed by atoms with Crippen LogP contribution < -0.4 is 19.1 Å². The smallest absolute Gasteiger partial charge is 0.665 e. The number of para-hydroxylation sites is 2. The van der Waals surface area contributed by atoms with Crippen molar-refractivity contribution in [3.63, 3.8) is 0 Å². The summed E-state index contributed by atoms with van der Waals surface area (Å²) >= 11 is 0. The van der Waals surface area contributed by atoms with Gasteiger partial charge in [0.2, 0.25) is 12.7 Å². The molecule has 0 N–H and O–H groups in total. The Hall–Kier alpha value is -5.18. The van der Waals surface area contributed by atoms with Gasteiger partial charge in [-0.25, -0.2) is 0 Å². The minimum Gasteiger partial charge on any atom is -0.665 e. The van der Waals surface area contributed by atoms with Crippen LogP contribution in [0, 0.1) is 25.2 Å². The van der Waals surface area contributed by atoms with Crippen LogP contribution in [0.5, 0.6) is 0 Å². The third kappa shape index (κ3) is 5.32. The predicted molar refractivity (Wildman–Crippen MR) is 170 cm³/mol. The summed E-state index contributed by atoms with van der Waals surface area (Å²) < 4.78 is 22.8. The number of hydrogen-bond donors (Lipinski definition) is 0. The molecule has 0 amide bonds. The van der Waals surface area contributed by atoms with Gasteiger partial charge in [-0.15, -0.1) is 17.2 Å². The quantitative estimate of drug-likeness (QED) is 0.195. The average Bonchev–Trinajstić information content (AvgIpc) is 3.91. The molecular weight excluding hydrogens is 983 g/mol. The van der Waals surface area contributed by atoms with Crippen LogP contribution in [0.4, 0.5) is 0 Å². The molecule has 10 aromatic rings. The van der Waals surface area contributed by atoms with E-state index in [0.717, 1.165) is 72.5 Å². The average molecular weight is 1010 g/mol. The predicted octanol–water partition coefficient (Wildman–Crippen LogP) is 4.10. The Morgan fingerprint density at radius 1 is 0.735 bits per heavy atom. The van der Waals surface area contributed by atoms with Crippen molar-refractivity contribution in [1.29, 1.82) is 0 Å². The maximum Gasteiger partial charge on any atom is 4.00 e. The van der Waals surface area contributed by atoms with Gasteiger partial charge >= 0.3 is 42.1 Å². The van der Waals surface area contributed by atoms with Crippen LogP contribution in [-0.2, 0) is 63.3 Å². The molecule has 0 aliphatic rings. The zero-order valence-electron chi connectivity index (χ0n) is 26.1. The molecule has 0 bridgehead atoms. The summed E-state index contributed by atoms with van der Waals surface area (Å²) in [4.78, 5) is 18.0. The van der Waals surface area contributed by atoms with E-state index in [4.69, 9.17) is 18.8 Å². The van der Waals surface area contributed by atoms with Gasteiger partial charge in [-0.3, -0.25) is 0 Å². The van der Waals surface area contributed by atoms with Crippen molar-refractivity contribution < 1.29 is 60.1 Å². The van der Waals surface area contributed by atoms with Gasteiger partial charge in [-0.05, 0) is 29.3 Å². The van der Waals surface area contributed by atoms with E-state index in [1.165, 1.54) is 0 Å². The van der Waals surface area contributed by atoms with Crippen LogP contribution in [0.25, 0.3) is 72.5 Å². The second-order valence-corrected chi connectivity index (χ2v) is 11.2. The molecule has 0 saturated heterocycles. The summed E-state index contributed by atoms with van der Waals surface area (Å²) in [5, 5.41) is 1.95. The third-order valence-electron chi connectivity index (χ3n) is 8.12. The third-order valence-corrected chi connectivity index (χ3v) is 8.12. The number of imidazole rings is 4.